The number of anilines is 1. The van der Waals surface area contributed by atoms with Gasteiger partial charge in [-0.05, 0) is 42.1 Å². The van der Waals surface area contributed by atoms with Crippen LogP contribution in [-0.2, 0) is 9.59 Å². The summed E-state index contributed by atoms with van der Waals surface area (Å²) < 4.78 is 38.0. The van der Waals surface area contributed by atoms with Crippen LogP contribution in [0.25, 0.3) is 6.08 Å². The summed E-state index contributed by atoms with van der Waals surface area (Å²) in [4.78, 5) is 59.3. The number of carbonyl (C=O) groups excluding carboxylic acids is 3. The van der Waals surface area contributed by atoms with Crippen molar-refractivity contribution < 1.29 is 42.5 Å². The van der Waals surface area contributed by atoms with Gasteiger partial charge in [-0.2, -0.15) is 0 Å². The number of benzene rings is 3. The van der Waals surface area contributed by atoms with Crippen LogP contribution >= 0.6 is 11.8 Å². The van der Waals surface area contributed by atoms with Gasteiger partial charge in [0, 0.05) is 17.7 Å². The number of nitrogens with one attached hydrogen (secondary N) is 1. The molecule has 0 atom stereocenters. The van der Waals surface area contributed by atoms with Crippen LogP contribution in [0.3, 0.4) is 0 Å². The van der Waals surface area contributed by atoms with Gasteiger partial charge in [0.15, 0.2) is 11.5 Å². The minimum absolute atomic E-state index is 0.0753. The molecule has 16 heteroatoms. The molecule has 3 aromatic carbocycles. The Morgan fingerprint density at radius 3 is 2.46 bits per heavy atom. The number of hydrogen-bond donors (Lipinski definition) is 1. The predicted molar refractivity (Wildman–Crippen MR) is 140 cm³/mol. The number of imide groups is 1. The van der Waals surface area contributed by atoms with Gasteiger partial charge in [-0.3, -0.25) is 39.5 Å². The van der Waals surface area contributed by atoms with Crippen molar-refractivity contribution in [2.75, 3.05) is 19.0 Å². The quantitative estimate of drug-likeness (QED) is 0.198. The number of nitro benzene ring substituents is 2. The van der Waals surface area contributed by atoms with Gasteiger partial charge in [-0.25, -0.2) is 8.78 Å². The van der Waals surface area contributed by atoms with Crippen molar-refractivity contribution >= 4 is 52.0 Å². The Kier molecular flexibility index (Phi) is 8.23. The zero-order chi connectivity index (χ0) is 29.8. The first kappa shape index (κ1) is 28.6. The third kappa shape index (κ3) is 6.27. The number of nitrogens with zero attached hydrogens (tertiary/aromatic N) is 3. The lowest BCUT2D eigenvalue weighted by atomic mass is 10.1. The van der Waals surface area contributed by atoms with Crippen molar-refractivity contribution in [1.82, 2.24) is 4.90 Å². The van der Waals surface area contributed by atoms with E-state index in [1.165, 1.54) is 31.4 Å². The smallest absolute Gasteiger partial charge is 0.318 e. The van der Waals surface area contributed by atoms with Crippen LogP contribution < -0.4 is 14.8 Å². The minimum atomic E-state index is -1.05. The number of nitro groups is 2. The maximum Gasteiger partial charge on any atom is 0.318 e. The first-order valence-corrected chi connectivity index (χ1v) is 12.1. The summed E-state index contributed by atoms with van der Waals surface area (Å²) in [6.07, 6.45) is 1.23. The third-order valence-electron chi connectivity index (χ3n) is 5.46. The Labute approximate surface area is 232 Å². The molecule has 0 bridgehead atoms. The molecule has 4 rings (SSSR count). The van der Waals surface area contributed by atoms with Crippen LogP contribution in [0, 0.1) is 31.9 Å². The standard InChI is InChI=1S/C25H16F2N4O9S/c1-39-20-4-2-3-13(23(20)40-19-8-6-15(30(35)36)11-18(19)31(37)38)9-21-24(33)29(25(34)41-21)12-22(32)28-17-7-5-14(26)10-16(17)27/h2-11H,12H2,1H3,(H,28,32)/b21-9+. The zero-order valence-electron chi connectivity index (χ0n) is 20.7. The van der Waals surface area contributed by atoms with Crippen LogP contribution in [0.4, 0.5) is 30.6 Å². The van der Waals surface area contributed by atoms with Gasteiger partial charge >= 0.3 is 5.69 Å². The van der Waals surface area contributed by atoms with Crippen molar-refractivity contribution in [1.29, 1.82) is 0 Å². The van der Waals surface area contributed by atoms with Crippen LogP contribution in [0.1, 0.15) is 5.56 Å². The second kappa shape index (κ2) is 11.8. The van der Waals surface area contributed by atoms with Gasteiger partial charge in [0.25, 0.3) is 16.8 Å². The number of hydrogen-bond acceptors (Lipinski definition) is 10. The summed E-state index contributed by atoms with van der Waals surface area (Å²) in [5.41, 5.74) is -1.46. The summed E-state index contributed by atoms with van der Waals surface area (Å²) in [7, 11) is 1.28. The average molecular weight is 586 g/mol. The van der Waals surface area contributed by atoms with Crippen molar-refractivity contribution in [2.24, 2.45) is 0 Å². The number of amides is 3. The normalized spacial score (nSPS) is 13.8. The van der Waals surface area contributed by atoms with E-state index in [0.29, 0.717) is 22.7 Å². The monoisotopic (exact) mass is 586 g/mol. The van der Waals surface area contributed by atoms with E-state index < -0.39 is 56.5 Å². The zero-order valence-corrected chi connectivity index (χ0v) is 21.5. The van der Waals surface area contributed by atoms with Crippen molar-refractivity contribution in [3.63, 3.8) is 0 Å². The maximum absolute atomic E-state index is 13.9. The van der Waals surface area contributed by atoms with Gasteiger partial charge in [0.2, 0.25) is 11.7 Å². The fourth-order valence-electron chi connectivity index (χ4n) is 3.58. The number of rotatable bonds is 9. The fourth-order valence-corrected chi connectivity index (χ4v) is 4.41. The Bertz CT molecular complexity index is 1650. The van der Waals surface area contributed by atoms with Crippen LogP contribution in [-0.4, -0.2) is 45.5 Å². The molecule has 0 aromatic heterocycles. The van der Waals surface area contributed by atoms with Gasteiger partial charge in [-0.15, -0.1) is 0 Å². The highest BCUT2D eigenvalue weighted by atomic mass is 32.2. The highest BCUT2D eigenvalue weighted by Gasteiger charge is 2.37. The topological polar surface area (TPSA) is 171 Å². The van der Waals surface area contributed by atoms with E-state index in [1.54, 1.807) is 0 Å². The number of methoxy groups -OCH3 is 1. The second-order valence-electron chi connectivity index (χ2n) is 8.09. The van der Waals surface area contributed by atoms with Crippen molar-refractivity contribution in [3.8, 4) is 17.2 Å². The molecule has 0 unspecified atom stereocenters. The molecule has 0 spiro atoms. The molecule has 1 saturated heterocycles. The molecule has 1 fully saturated rings. The van der Waals surface area contributed by atoms with Crippen molar-refractivity contribution in [3.05, 3.63) is 96.9 Å². The van der Waals surface area contributed by atoms with E-state index >= 15 is 0 Å². The molecule has 0 aliphatic carbocycles. The number of carbonyl (C=O) groups is 3. The molecule has 1 heterocycles. The molecule has 1 aliphatic heterocycles. The van der Waals surface area contributed by atoms with Gasteiger partial charge in [-0.1, -0.05) is 12.1 Å². The Hall–Kier alpha value is -5.38. The molecule has 41 heavy (non-hydrogen) atoms. The van der Waals surface area contributed by atoms with Crippen LogP contribution in [0.2, 0.25) is 0 Å². The molecular weight excluding hydrogens is 570 g/mol. The lowest BCUT2D eigenvalue weighted by Crippen LogP contribution is -2.36. The fraction of sp³-hybridized carbons (Fsp3) is 0.0800. The highest BCUT2D eigenvalue weighted by molar-refractivity contribution is 8.18. The molecule has 13 nitrogen and oxygen atoms in total. The Morgan fingerprint density at radius 1 is 1.05 bits per heavy atom. The number of non-ortho nitro benzene ring substituents is 1. The molecule has 1 N–H and O–H groups in total. The lowest BCUT2D eigenvalue weighted by molar-refractivity contribution is -0.394. The second-order valence-corrected chi connectivity index (χ2v) is 9.08. The van der Waals surface area contributed by atoms with E-state index in [0.717, 1.165) is 30.3 Å². The summed E-state index contributed by atoms with van der Waals surface area (Å²) in [6.45, 7) is -0.769. The Morgan fingerprint density at radius 2 is 1.80 bits per heavy atom. The molecule has 0 radical (unpaired) electrons. The summed E-state index contributed by atoms with van der Waals surface area (Å²) in [5, 5.41) is 24.0. The third-order valence-corrected chi connectivity index (χ3v) is 6.37. The van der Waals surface area contributed by atoms with Gasteiger partial charge in [0.1, 0.15) is 18.2 Å². The average Bonchev–Trinajstić information content (AvgIpc) is 3.18. The number of halogens is 2. The molecular formula is C25H16F2N4O9S. The SMILES string of the molecule is COc1cccc(/C=C2/SC(=O)N(CC(=O)Nc3ccc(F)cc3F)C2=O)c1Oc1ccc([N+](=O)[O-])cc1[N+](=O)[O-]. The first-order chi connectivity index (χ1) is 19.5. The molecule has 3 amide bonds. The maximum atomic E-state index is 13.9. The molecule has 0 saturated carbocycles. The molecule has 210 valence electrons. The first-order valence-electron chi connectivity index (χ1n) is 11.3. The van der Waals surface area contributed by atoms with Crippen LogP contribution in [0.5, 0.6) is 17.2 Å². The summed E-state index contributed by atoms with van der Waals surface area (Å²) in [6, 6.07) is 9.62. The number of ether oxygens (including phenoxy) is 2. The predicted octanol–water partition coefficient (Wildman–Crippen LogP) is 5.26. The van der Waals surface area contributed by atoms with Gasteiger partial charge in [0.05, 0.1) is 33.6 Å². The summed E-state index contributed by atoms with van der Waals surface area (Å²) >= 11 is 0.487. The van der Waals surface area contributed by atoms with Gasteiger partial charge < -0.3 is 14.8 Å². The van der Waals surface area contributed by atoms with Crippen molar-refractivity contribution in [2.45, 2.75) is 0 Å². The molecule has 3 aromatic rings. The summed E-state index contributed by atoms with van der Waals surface area (Å²) in [5.74, 6) is -4.10. The highest BCUT2D eigenvalue weighted by Crippen LogP contribution is 2.42. The van der Waals surface area contributed by atoms with E-state index in [2.05, 4.69) is 5.32 Å². The largest absolute Gasteiger partial charge is 0.493 e. The number of para-hydroxylation sites is 1. The Balaban J connectivity index is 1.61. The molecule has 1 aliphatic rings. The van der Waals surface area contributed by atoms with Crippen LogP contribution in [0.15, 0.2) is 59.5 Å². The van der Waals surface area contributed by atoms with E-state index in [4.69, 9.17) is 9.47 Å². The van der Waals surface area contributed by atoms with E-state index in [9.17, 15) is 43.4 Å². The minimum Gasteiger partial charge on any atom is -0.493 e. The van der Waals surface area contributed by atoms with E-state index in [-0.39, 0.29) is 33.4 Å². The van der Waals surface area contributed by atoms with E-state index in [1.807, 2.05) is 0 Å². The number of thioether (sulfide) groups is 1. The lowest BCUT2D eigenvalue weighted by Gasteiger charge is -2.14.